The number of carbonyl (C=O) groups excluding carboxylic acids is 1. The Kier molecular flexibility index (Phi) is 4.54. The number of rotatable bonds is 6. The number of H-pyrrole nitrogens is 1. The van der Waals surface area contributed by atoms with E-state index in [1.807, 2.05) is 31.2 Å². The Morgan fingerprint density at radius 2 is 2.36 bits per heavy atom. The van der Waals surface area contributed by atoms with Crippen molar-refractivity contribution in [1.82, 2.24) is 25.2 Å². The van der Waals surface area contributed by atoms with Crippen molar-refractivity contribution in [3.63, 3.8) is 0 Å². The van der Waals surface area contributed by atoms with Crippen LogP contribution < -0.4 is 0 Å². The lowest BCUT2D eigenvalue weighted by molar-refractivity contribution is 0.0911. The van der Waals surface area contributed by atoms with Crippen LogP contribution in [0.1, 0.15) is 30.1 Å². The number of aromatic nitrogens is 5. The van der Waals surface area contributed by atoms with Crippen molar-refractivity contribution in [3.8, 4) is 0 Å². The van der Waals surface area contributed by atoms with Gasteiger partial charge in [-0.25, -0.2) is 4.68 Å². The molecule has 2 aromatic heterocycles. The highest BCUT2D eigenvalue weighted by molar-refractivity contribution is 8.00. The number of fused-ring (bicyclic) bond motifs is 1. The summed E-state index contributed by atoms with van der Waals surface area (Å²) in [6.45, 7) is 3.31. The summed E-state index contributed by atoms with van der Waals surface area (Å²) in [5.41, 5.74) is 1.67. The number of ether oxygens (including phenoxy) is 1. The quantitative estimate of drug-likeness (QED) is 0.539. The fraction of sp³-hybridized carbons (Fsp3) is 0.412. The highest BCUT2D eigenvalue weighted by Gasteiger charge is 2.24. The largest absolute Gasteiger partial charge is 0.376 e. The summed E-state index contributed by atoms with van der Waals surface area (Å²) in [5.74, 6) is 0.0640. The van der Waals surface area contributed by atoms with Crippen molar-refractivity contribution in [2.75, 3.05) is 6.61 Å². The van der Waals surface area contributed by atoms with E-state index in [0.29, 0.717) is 17.3 Å². The van der Waals surface area contributed by atoms with Gasteiger partial charge in [-0.05, 0) is 36.3 Å². The van der Waals surface area contributed by atoms with Gasteiger partial charge in [0.2, 0.25) is 5.16 Å². The normalized spacial score (nSPS) is 18.7. The third-order valence-electron chi connectivity index (χ3n) is 4.41. The smallest absolute Gasteiger partial charge is 0.210 e. The fourth-order valence-electron chi connectivity index (χ4n) is 3.08. The molecule has 4 rings (SSSR count). The van der Waals surface area contributed by atoms with Gasteiger partial charge in [0.25, 0.3) is 0 Å². The third-order valence-corrected chi connectivity index (χ3v) is 5.48. The molecule has 0 radical (unpaired) electrons. The first-order valence-corrected chi connectivity index (χ1v) is 9.25. The number of ketones is 1. The van der Waals surface area contributed by atoms with E-state index < -0.39 is 0 Å². The summed E-state index contributed by atoms with van der Waals surface area (Å²) >= 11 is 1.38. The van der Waals surface area contributed by atoms with Crippen LogP contribution in [-0.4, -0.2) is 48.9 Å². The monoisotopic (exact) mass is 357 g/mol. The fourth-order valence-corrected chi connectivity index (χ4v) is 3.95. The van der Waals surface area contributed by atoms with Gasteiger partial charge in [0.05, 0.1) is 17.9 Å². The van der Waals surface area contributed by atoms with Gasteiger partial charge in [-0.3, -0.25) is 4.79 Å². The highest BCUT2D eigenvalue weighted by atomic mass is 32.2. The summed E-state index contributed by atoms with van der Waals surface area (Å²) in [6.07, 6.45) is 4.03. The molecule has 0 bridgehead atoms. The first-order valence-electron chi connectivity index (χ1n) is 8.37. The van der Waals surface area contributed by atoms with Crippen molar-refractivity contribution >= 4 is 28.4 Å². The van der Waals surface area contributed by atoms with Crippen LogP contribution in [0.2, 0.25) is 0 Å². The first-order chi connectivity index (χ1) is 12.2. The summed E-state index contributed by atoms with van der Waals surface area (Å²) < 4.78 is 7.38. The van der Waals surface area contributed by atoms with Crippen LogP contribution in [0, 0.1) is 0 Å². The molecule has 0 amide bonds. The number of para-hydroxylation sites is 1. The zero-order valence-corrected chi connectivity index (χ0v) is 14.7. The lowest BCUT2D eigenvalue weighted by atomic mass is 10.1. The number of tetrazole rings is 1. The molecular formula is C17H19N5O2S. The minimum atomic E-state index is -0.284. The molecule has 2 unspecified atom stereocenters. The molecule has 130 valence electrons. The zero-order valence-electron chi connectivity index (χ0n) is 13.9. The summed E-state index contributed by atoms with van der Waals surface area (Å²) in [4.78, 5) is 16.0. The van der Waals surface area contributed by atoms with E-state index in [0.717, 1.165) is 30.4 Å². The van der Waals surface area contributed by atoms with Crippen molar-refractivity contribution in [2.45, 2.75) is 42.8 Å². The number of thioether (sulfide) groups is 1. The maximum atomic E-state index is 12.9. The van der Waals surface area contributed by atoms with Crippen molar-refractivity contribution in [2.24, 2.45) is 0 Å². The molecule has 1 N–H and O–H groups in total. The number of nitrogens with zero attached hydrogens (tertiary/aromatic N) is 4. The van der Waals surface area contributed by atoms with Gasteiger partial charge >= 0.3 is 0 Å². The summed E-state index contributed by atoms with van der Waals surface area (Å²) in [5, 5.41) is 13.2. The number of Topliss-reactive ketones (excluding diaryl/α,β-unsaturated/α-hetero) is 1. The Bertz CT molecular complexity index is 884. The van der Waals surface area contributed by atoms with E-state index in [1.54, 1.807) is 10.9 Å². The van der Waals surface area contributed by atoms with Crippen molar-refractivity contribution < 1.29 is 9.53 Å². The number of nitrogens with one attached hydrogen (secondary N) is 1. The van der Waals surface area contributed by atoms with Crippen LogP contribution in [0.15, 0.2) is 35.6 Å². The minimum absolute atomic E-state index is 0.0640. The molecule has 8 heteroatoms. The highest BCUT2D eigenvalue weighted by Crippen LogP contribution is 2.27. The van der Waals surface area contributed by atoms with Crippen LogP contribution in [0.4, 0.5) is 0 Å². The summed E-state index contributed by atoms with van der Waals surface area (Å²) in [7, 11) is 0. The second-order valence-electron chi connectivity index (χ2n) is 6.15. The van der Waals surface area contributed by atoms with Crippen LogP contribution in [-0.2, 0) is 11.3 Å². The Labute approximate surface area is 149 Å². The molecule has 1 fully saturated rings. The lowest BCUT2D eigenvalue weighted by Crippen LogP contribution is -2.19. The molecule has 7 nitrogen and oxygen atoms in total. The molecule has 0 aliphatic carbocycles. The number of hydrogen-bond donors (Lipinski definition) is 1. The zero-order chi connectivity index (χ0) is 17.2. The van der Waals surface area contributed by atoms with Gasteiger partial charge in [-0.15, -0.1) is 5.10 Å². The van der Waals surface area contributed by atoms with Gasteiger partial charge < -0.3 is 9.72 Å². The minimum Gasteiger partial charge on any atom is -0.376 e. The number of aromatic amines is 1. The first kappa shape index (κ1) is 16.3. The molecular weight excluding hydrogens is 338 g/mol. The van der Waals surface area contributed by atoms with E-state index in [1.165, 1.54) is 11.8 Å². The molecule has 1 saturated heterocycles. The van der Waals surface area contributed by atoms with E-state index in [2.05, 4.69) is 20.5 Å². The average molecular weight is 357 g/mol. The third kappa shape index (κ3) is 3.32. The number of benzene rings is 1. The van der Waals surface area contributed by atoms with Gasteiger partial charge in [0.1, 0.15) is 0 Å². The molecule has 3 heterocycles. The second-order valence-corrected chi connectivity index (χ2v) is 7.46. The SMILES string of the molecule is CC(Sc1nnnn1CC1CCCO1)C(=O)c1c[nH]c2ccccc12. The van der Waals surface area contributed by atoms with Crippen molar-refractivity contribution in [3.05, 3.63) is 36.0 Å². The Balaban J connectivity index is 1.49. The molecule has 0 saturated carbocycles. The predicted molar refractivity (Wildman–Crippen MR) is 94.7 cm³/mol. The van der Waals surface area contributed by atoms with Crippen LogP contribution >= 0.6 is 11.8 Å². The topological polar surface area (TPSA) is 85.7 Å². The standard InChI is InChI=1S/C17H19N5O2S/c1-11(16(23)14-9-18-15-7-3-2-6-13(14)15)25-17-19-20-21-22(17)10-12-5-4-8-24-12/h2-3,6-7,9,11-12,18H,4-5,8,10H2,1H3. The van der Waals surface area contributed by atoms with E-state index >= 15 is 0 Å². The van der Waals surface area contributed by atoms with Gasteiger partial charge in [0, 0.05) is 29.3 Å². The number of carbonyl (C=O) groups is 1. The van der Waals surface area contributed by atoms with E-state index in [-0.39, 0.29) is 17.1 Å². The van der Waals surface area contributed by atoms with Crippen LogP contribution in [0.25, 0.3) is 10.9 Å². The van der Waals surface area contributed by atoms with Crippen molar-refractivity contribution in [1.29, 1.82) is 0 Å². The summed E-state index contributed by atoms with van der Waals surface area (Å²) in [6, 6.07) is 7.81. The maximum Gasteiger partial charge on any atom is 0.210 e. The molecule has 3 aromatic rings. The molecule has 1 aliphatic heterocycles. The Morgan fingerprint density at radius 1 is 1.48 bits per heavy atom. The van der Waals surface area contributed by atoms with E-state index in [9.17, 15) is 4.79 Å². The molecule has 1 aliphatic rings. The van der Waals surface area contributed by atoms with Gasteiger partial charge in [-0.2, -0.15) is 0 Å². The Morgan fingerprint density at radius 3 is 3.20 bits per heavy atom. The molecule has 2 atom stereocenters. The van der Waals surface area contributed by atoms with Crippen LogP contribution in [0.3, 0.4) is 0 Å². The molecule has 25 heavy (non-hydrogen) atoms. The Hall–Kier alpha value is -2.19. The number of hydrogen-bond acceptors (Lipinski definition) is 6. The maximum absolute atomic E-state index is 12.9. The average Bonchev–Trinajstić information content (AvgIpc) is 3.36. The van der Waals surface area contributed by atoms with E-state index in [4.69, 9.17) is 4.74 Å². The second kappa shape index (κ2) is 6.97. The molecule has 1 aromatic carbocycles. The predicted octanol–water partition coefficient (Wildman–Crippen LogP) is 2.70. The van der Waals surface area contributed by atoms with Gasteiger partial charge in [-0.1, -0.05) is 30.0 Å². The lowest BCUT2D eigenvalue weighted by Gasteiger charge is -2.12. The molecule has 0 spiro atoms. The van der Waals surface area contributed by atoms with Gasteiger partial charge in [0.15, 0.2) is 5.78 Å². The van der Waals surface area contributed by atoms with Crippen LogP contribution in [0.5, 0.6) is 0 Å².